The fourth-order valence-corrected chi connectivity index (χ4v) is 2.84. The number of rotatable bonds is 7. The summed E-state index contributed by atoms with van der Waals surface area (Å²) < 4.78 is 11.0. The van der Waals surface area contributed by atoms with E-state index in [0.717, 1.165) is 30.7 Å². The summed E-state index contributed by atoms with van der Waals surface area (Å²) in [6, 6.07) is 13.7. The molecular weight excluding hydrogens is 340 g/mol. The minimum Gasteiger partial charge on any atom is -0.484 e. The van der Waals surface area contributed by atoms with Gasteiger partial charge in [0.15, 0.2) is 6.61 Å². The number of aryl methyl sites for hydroxylation is 2. The van der Waals surface area contributed by atoms with Gasteiger partial charge in [-0.3, -0.25) is 9.79 Å². The third kappa shape index (κ3) is 5.93. The molecule has 1 aliphatic rings. The van der Waals surface area contributed by atoms with Crippen molar-refractivity contribution in [2.75, 3.05) is 19.8 Å². The van der Waals surface area contributed by atoms with Crippen LogP contribution < -0.4 is 10.1 Å². The predicted molar refractivity (Wildman–Crippen MR) is 107 cm³/mol. The van der Waals surface area contributed by atoms with Crippen molar-refractivity contribution < 1.29 is 14.3 Å². The number of nitrogens with zero attached hydrogens (tertiary/aromatic N) is 1. The van der Waals surface area contributed by atoms with E-state index in [2.05, 4.69) is 36.3 Å². The molecule has 0 aliphatic carbocycles. The lowest BCUT2D eigenvalue weighted by atomic mass is 10.1. The lowest BCUT2D eigenvalue weighted by Gasteiger charge is -2.11. The first-order valence-corrected chi connectivity index (χ1v) is 9.32. The number of nitrogens with one attached hydrogen (secondary N) is 1. The van der Waals surface area contributed by atoms with Gasteiger partial charge in [0.2, 0.25) is 0 Å². The van der Waals surface area contributed by atoms with Crippen LogP contribution in [0.3, 0.4) is 0 Å². The number of amides is 1. The lowest BCUT2D eigenvalue weighted by molar-refractivity contribution is -0.123. The number of aliphatic imine (C=N–C) groups is 1. The van der Waals surface area contributed by atoms with Gasteiger partial charge in [-0.15, -0.1) is 0 Å². The standard InChI is InChI=1S/C22H26N2O3/c1-16-5-8-19(12-17(16)2)23-13-18-6-9-20(10-7-18)27-15-22(25)24-14-21-4-3-11-26-21/h5-10,12-13,21H,3-4,11,14-15H2,1-2H3,(H,24,25)/t21-/m1/s1. The van der Waals surface area contributed by atoms with Crippen LogP contribution in [-0.4, -0.2) is 38.0 Å². The van der Waals surface area contributed by atoms with Gasteiger partial charge in [-0.25, -0.2) is 0 Å². The van der Waals surface area contributed by atoms with Crippen LogP contribution in [0.25, 0.3) is 0 Å². The molecule has 5 heteroatoms. The fraction of sp³-hybridized carbons (Fsp3) is 0.364. The molecule has 2 aromatic rings. The highest BCUT2D eigenvalue weighted by Gasteiger charge is 2.16. The van der Waals surface area contributed by atoms with E-state index in [-0.39, 0.29) is 18.6 Å². The maximum atomic E-state index is 11.8. The molecule has 0 radical (unpaired) electrons. The molecule has 0 saturated carbocycles. The van der Waals surface area contributed by atoms with Gasteiger partial charge < -0.3 is 14.8 Å². The van der Waals surface area contributed by atoms with Crippen molar-refractivity contribution >= 4 is 17.8 Å². The van der Waals surface area contributed by atoms with Crippen LogP contribution >= 0.6 is 0 Å². The predicted octanol–water partition coefficient (Wildman–Crippen LogP) is 3.73. The maximum absolute atomic E-state index is 11.8. The second-order valence-electron chi connectivity index (χ2n) is 6.82. The SMILES string of the molecule is Cc1ccc(N=Cc2ccc(OCC(=O)NC[C@H]3CCCO3)cc2)cc1C. The van der Waals surface area contributed by atoms with E-state index in [9.17, 15) is 4.79 Å². The van der Waals surface area contributed by atoms with Gasteiger partial charge in [-0.2, -0.15) is 0 Å². The second-order valence-corrected chi connectivity index (χ2v) is 6.82. The minimum absolute atomic E-state index is 0.00278. The van der Waals surface area contributed by atoms with Crippen LogP contribution in [0.2, 0.25) is 0 Å². The van der Waals surface area contributed by atoms with E-state index < -0.39 is 0 Å². The first-order valence-electron chi connectivity index (χ1n) is 9.32. The van der Waals surface area contributed by atoms with E-state index in [1.165, 1.54) is 11.1 Å². The Bertz CT molecular complexity index is 794. The van der Waals surface area contributed by atoms with Gasteiger partial charge in [0.1, 0.15) is 5.75 Å². The Morgan fingerprint density at radius 3 is 2.74 bits per heavy atom. The van der Waals surface area contributed by atoms with Crippen LogP contribution in [0.4, 0.5) is 5.69 Å². The summed E-state index contributed by atoms with van der Waals surface area (Å²) in [5.74, 6) is 0.525. The maximum Gasteiger partial charge on any atom is 0.258 e. The topological polar surface area (TPSA) is 59.9 Å². The van der Waals surface area contributed by atoms with Crippen LogP contribution in [0.5, 0.6) is 5.75 Å². The normalized spacial score (nSPS) is 16.6. The zero-order valence-corrected chi connectivity index (χ0v) is 15.9. The Morgan fingerprint density at radius 1 is 1.22 bits per heavy atom. The molecule has 2 aromatic carbocycles. The number of carbonyl (C=O) groups excluding carboxylic acids is 1. The van der Waals surface area contributed by atoms with E-state index in [1.54, 1.807) is 0 Å². The second kappa shape index (κ2) is 9.33. The van der Waals surface area contributed by atoms with Crippen molar-refractivity contribution in [3.63, 3.8) is 0 Å². The molecule has 0 unspecified atom stereocenters. The van der Waals surface area contributed by atoms with Crippen molar-refractivity contribution in [3.05, 3.63) is 59.2 Å². The minimum atomic E-state index is -0.133. The van der Waals surface area contributed by atoms with Gasteiger partial charge in [-0.05, 0) is 79.8 Å². The molecule has 1 saturated heterocycles. The van der Waals surface area contributed by atoms with Crippen LogP contribution in [0, 0.1) is 13.8 Å². The molecule has 1 fully saturated rings. The fourth-order valence-electron chi connectivity index (χ4n) is 2.84. The van der Waals surface area contributed by atoms with Crippen molar-refractivity contribution in [2.24, 2.45) is 4.99 Å². The summed E-state index contributed by atoms with van der Waals surface area (Å²) in [6.45, 7) is 5.51. The first-order chi connectivity index (χ1) is 13.1. The molecule has 142 valence electrons. The zero-order chi connectivity index (χ0) is 19.1. The Morgan fingerprint density at radius 2 is 2.04 bits per heavy atom. The highest BCUT2D eigenvalue weighted by atomic mass is 16.5. The molecule has 5 nitrogen and oxygen atoms in total. The van der Waals surface area contributed by atoms with Gasteiger partial charge in [0.05, 0.1) is 11.8 Å². The lowest BCUT2D eigenvalue weighted by Crippen LogP contribution is -2.35. The van der Waals surface area contributed by atoms with E-state index >= 15 is 0 Å². The quantitative estimate of drug-likeness (QED) is 0.760. The monoisotopic (exact) mass is 366 g/mol. The molecule has 1 heterocycles. The average molecular weight is 366 g/mol. The Balaban J connectivity index is 1.45. The Labute approximate surface area is 160 Å². The van der Waals surface area contributed by atoms with Crippen molar-refractivity contribution in [2.45, 2.75) is 32.8 Å². The number of benzene rings is 2. The van der Waals surface area contributed by atoms with E-state index in [0.29, 0.717) is 12.3 Å². The summed E-state index contributed by atoms with van der Waals surface area (Å²) in [7, 11) is 0. The zero-order valence-electron chi connectivity index (χ0n) is 15.9. The largest absolute Gasteiger partial charge is 0.484 e. The van der Waals surface area contributed by atoms with E-state index in [1.807, 2.05) is 36.5 Å². The molecule has 0 spiro atoms. The van der Waals surface area contributed by atoms with Gasteiger partial charge >= 0.3 is 0 Å². The van der Waals surface area contributed by atoms with Crippen LogP contribution in [0.15, 0.2) is 47.5 Å². The van der Waals surface area contributed by atoms with Crippen LogP contribution in [-0.2, 0) is 9.53 Å². The summed E-state index contributed by atoms with van der Waals surface area (Å²) >= 11 is 0. The smallest absolute Gasteiger partial charge is 0.258 e. The highest BCUT2D eigenvalue weighted by molar-refractivity contribution is 5.82. The van der Waals surface area contributed by atoms with Gasteiger partial charge in [0, 0.05) is 19.4 Å². The van der Waals surface area contributed by atoms with Crippen molar-refractivity contribution in [1.29, 1.82) is 0 Å². The van der Waals surface area contributed by atoms with Gasteiger partial charge in [0.25, 0.3) is 5.91 Å². The molecule has 1 amide bonds. The molecule has 0 aromatic heterocycles. The highest BCUT2D eigenvalue weighted by Crippen LogP contribution is 2.18. The number of carbonyl (C=O) groups is 1. The third-order valence-corrected chi connectivity index (χ3v) is 4.65. The molecule has 0 bridgehead atoms. The first kappa shape index (κ1) is 19.1. The molecule has 1 N–H and O–H groups in total. The average Bonchev–Trinajstić information content (AvgIpc) is 3.20. The number of ether oxygens (including phenoxy) is 2. The third-order valence-electron chi connectivity index (χ3n) is 4.65. The van der Waals surface area contributed by atoms with Crippen molar-refractivity contribution in [1.82, 2.24) is 5.32 Å². The van der Waals surface area contributed by atoms with Crippen molar-refractivity contribution in [3.8, 4) is 5.75 Å². The molecule has 3 rings (SSSR count). The number of hydrogen-bond donors (Lipinski definition) is 1. The Kier molecular flexibility index (Phi) is 6.60. The van der Waals surface area contributed by atoms with E-state index in [4.69, 9.17) is 9.47 Å². The Hall–Kier alpha value is -2.66. The summed E-state index contributed by atoms with van der Waals surface area (Å²) in [5.41, 5.74) is 4.39. The molecule has 1 atom stereocenters. The van der Waals surface area contributed by atoms with Gasteiger partial charge in [-0.1, -0.05) is 6.07 Å². The number of hydrogen-bond acceptors (Lipinski definition) is 4. The van der Waals surface area contributed by atoms with Crippen LogP contribution in [0.1, 0.15) is 29.5 Å². The summed E-state index contributed by atoms with van der Waals surface area (Å²) in [4.78, 5) is 16.3. The summed E-state index contributed by atoms with van der Waals surface area (Å²) in [5, 5.41) is 2.84. The molecule has 1 aliphatic heterocycles. The molecule has 27 heavy (non-hydrogen) atoms. The summed E-state index contributed by atoms with van der Waals surface area (Å²) in [6.07, 6.45) is 4.04. The molecular formula is C22H26N2O3.